The molecule has 7 heteroatoms. The van der Waals surface area contributed by atoms with Gasteiger partial charge in [0.2, 0.25) is 0 Å². The summed E-state index contributed by atoms with van der Waals surface area (Å²) in [4.78, 5) is 25.1. The van der Waals surface area contributed by atoms with Crippen LogP contribution in [0.1, 0.15) is 155 Å². The van der Waals surface area contributed by atoms with Crippen LogP contribution in [0, 0.1) is 0 Å². The Morgan fingerprint density at radius 2 is 0.667 bits per heavy atom. The average molecular weight is 602 g/mol. The van der Waals surface area contributed by atoms with Crippen LogP contribution < -0.4 is 0 Å². The van der Waals surface area contributed by atoms with Crippen molar-refractivity contribution in [3.63, 3.8) is 0 Å². The Morgan fingerprint density at radius 3 is 0.897 bits per heavy atom. The van der Waals surface area contributed by atoms with E-state index in [0.717, 1.165) is 13.1 Å². The molecule has 0 radical (unpaired) electrons. The van der Waals surface area contributed by atoms with Crippen molar-refractivity contribution >= 4 is 11.9 Å². The first-order valence-electron chi connectivity index (χ1n) is 16.1. The minimum atomic E-state index is -0.699. The van der Waals surface area contributed by atoms with Gasteiger partial charge in [0.15, 0.2) is 0 Å². The summed E-state index contributed by atoms with van der Waals surface area (Å²) in [6, 6.07) is 0. The summed E-state index contributed by atoms with van der Waals surface area (Å²) < 4.78 is 0. The summed E-state index contributed by atoms with van der Waals surface area (Å²) in [6.45, 7) is 7.92. The zero-order valence-corrected chi connectivity index (χ0v) is 27.3. The minimum absolute atomic E-state index is 0. The summed E-state index contributed by atoms with van der Waals surface area (Å²) in [7, 11) is 4.02. The molecule has 6 nitrogen and oxygen atoms in total. The fourth-order valence-corrected chi connectivity index (χ4v) is 4.53. The van der Waals surface area contributed by atoms with E-state index in [4.69, 9.17) is 10.2 Å². The molecule has 0 unspecified atom stereocenters. The Labute approximate surface area is 253 Å². The molecule has 0 rings (SSSR count). The SMILES string of the molecule is CCCCCCCCCCCCN(C)CCC(=O)O.CCCCCCCCCCCCN(C)CCC(=O)O.[Ni]. The van der Waals surface area contributed by atoms with Gasteiger partial charge in [0.1, 0.15) is 0 Å². The van der Waals surface area contributed by atoms with Gasteiger partial charge in [-0.25, -0.2) is 0 Å². The van der Waals surface area contributed by atoms with Gasteiger partial charge >= 0.3 is 11.9 Å². The molecule has 0 spiro atoms. The van der Waals surface area contributed by atoms with E-state index in [2.05, 4.69) is 23.6 Å². The van der Waals surface area contributed by atoms with Crippen molar-refractivity contribution in [3.05, 3.63) is 0 Å². The molecule has 0 fully saturated rings. The molecular formula is C32H66N2NiO4. The second-order valence-electron chi connectivity index (χ2n) is 11.3. The molecule has 0 saturated carbocycles. The second kappa shape index (κ2) is 35.4. The first kappa shape index (κ1) is 42.8. The van der Waals surface area contributed by atoms with E-state index in [1.165, 1.54) is 128 Å². The van der Waals surface area contributed by atoms with Gasteiger partial charge in [-0.15, -0.1) is 0 Å². The van der Waals surface area contributed by atoms with Crippen LogP contribution in [0.2, 0.25) is 0 Å². The Kier molecular flexibility index (Phi) is 38.8. The van der Waals surface area contributed by atoms with Crippen LogP contribution in [0.3, 0.4) is 0 Å². The fourth-order valence-electron chi connectivity index (χ4n) is 4.53. The smallest absolute Gasteiger partial charge is 0.304 e. The number of rotatable bonds is 28. The summed E-state index contributed by atoms with van der Waals surface area (Å²) in [5, 5.41) is 17.2. The molecule has 2 N–H and O–H groups in total. The standard InChI is InChI=1S/2C16H33NO2.Ni/c2*1-3-4-5-6-7-8-9-10-11-12-14-17(2)15-13-16(18)19;/h2*3-15H2,1-2H3,(H,18,19);. The third kappa shape index (κ3) is 42.0. The van der Waals surface area contributed by atoms with Gasteiger partial charge in [-0.2, -0.15) is 0 Å². The van der Waals surface area contributed by atoms with E-state index in [0.29, 0.717) is 13.1 Å². The number of nitrogens with zero attached hydrogens (tertiary/aromatic N) is 2. The first-order valence-corrected chi connectivity index (χ1v) is 16.1. The molecule has 0 bridgehead atoms. The number of hydrogen-bond acceptors (Lipinski definition) is 4. The molecule has 0 aliphatic rings. The van der Waals surface area contributed by atoms with Crippen LogP contribution in [-0.2, 0) is 26.1 Å². The molecule has 0 aromatic heterocycles. The first-order chi connectivity index (χ1) is 18.3. The number of aliphatic carboxylic acids is 2. The van der Waals surface area contributed by atoms with E-state index in [1.54, 1.807) is 0 Å². The Balaban J connectivity index is -0.000000648. The Morgan fingerprint density at radius 1 is 0.436 bits per heavy atom. The van der Waals surface area contributed by atoms with Crippen LogP contribution in [0.25, 0.3) is 0 Å². The van der Waals surface area contributed by atoms with Crippen LogP contribution >= 0.6 is 0 Å². The molecule has 39 heavy (non-hydrogen) atoms. The van der Waals surface area contributed by atoms with Crippen molar-refractivity contribution in [3.8, 4) is 0 Å². The summed E-state index contributed by atoms with van der Waals surface area (Å²) >= 11 is 0. The fraction of sp³-hybridized carbons (Fsp3) is 0.938. The number of carboxylic acid groups (broad SMARTS) is 2. The summed E-state index contributed by atoms with van der Waals surface area (Å²) in [5.41, 5.74) is 0. The van der Waals surface area contributed by atoms with Crippen molar-refractivity contribution in [1.29, 1.82) is 0 Å². The molecule has 0 saturated heterocycles. The topological polar surface area (TPSA) is 81.1 Å². The van der Waals surface area contributed by atoms with Crippen molar-refractivity contribution < 1.29 is 36.3 Å². The molecule has 0 aliphatic heterocycles. The van der Waals surface area contributed by atoms with Gasteiger partial charge in [0.05, 0.1) is 12.8 Å². The van der Waals surface area contributed by atoms with E-state index >= 15 is 0 Å². The number of unbranched alkanes of at least 4 members (excludes halogenated alkanes) is 18. The van der Waals surface area contributed by atoms with Crippen molar-refractivity contribution in [2.24, 2.45) is 0 Å². The van der Waals surface area contributed by atoms with Crippen molar-refractivity contribution in [2.45, 2.75) is 155 Å². The Bertz CT molecular complexity index is 465. The largest absolute Gasteiger partial charge is 0.481 e. The summed E-state index contributed by atoms with van der Waals surface area (Å²) in [5.74, 6) is -1.40. The van der Waals surface area contributed by atoms with Crippen molar-refractivity contribution in [1.82, 2.24) is 9.80 Å². The molecule has 0 aromatic carbocycles. The molecule has 0 aliphatic carbocycles. The van der Waals surface area contributed by atoms with Crippen LogP contribution in [0.4, 0.5) is 0 Å². The monoisotopic (exact) mass is 600 g/mol. The quantitative estimate of drug-likeness (QED) is 0.0690. The Hall–Kier alpha value is -0.646. The maximum Gasteiger partial charge on any atom is 0.304 e. The number of carboxylic acids is 2. The summed E-state index contributed by atoms with van der Waals surface area (Å²) in [6.07, 6.45) is 27.5. The normalized spacial score (nSPS) is 10.8. The number of carbonyl (C=O) groups is 2. The van der Waals surface area contributed by atoms with E-state index in [9.17, 15) is 9.59 Å². The maximum atomic E-state index is 10.4. The maximum absolute atomic E-state index is 10.4. The van der Waals surface area contributed by atoms with Gasteiger partial charge in [-0.05, 0) is 40.0 Å². The van der Waals surface area contributed by atoms with E-state index < -0.39 is 11.9 Å². The van der Waals surface area contributed by atoms with Gasteiger partial charge in [-0.1, -0.05) is 129 Å². The molecule has 0 atom stereocenters. The van der Waals surface area contributed by atoms with E-state index in [-0.39, 0.29) is 29.3 Å². The van der Waals surface area contributed by atoms with Gasteiger partial charge in [-0.3, -0.25) is 9.59 Å². The third-order valence-corrected chi connectivity index (χ3v) is 7.20. The molecule has 0 heterocycles. The predicted molar refractivity (Wildman–Crippen MR) is 163 cm³/mol. The predicted octanol–water partition coefficient (Wildman–Crippen LogP) is 8.63. The zero-order valence-electron chi connectivity index (χ0n) is 26.3. The van der Waals surface area contributed by atoms with Crippen molar-refractivity contribution in [2.75, 3.05) is 40.3 Å². The van der Waals surface area contributed by atoms with Gasteiger partial charge < -0.3 is 20.0 Å². The minimum Gasteiger partial charge on any atom is -0.481 e. The molecule has 0 aromatic rings. The van der Waals surface area contributed by atoms with Gasteiger partial charge in [0.25, 0.3) is 0 Å². The number of hydrogen-bond donors (Lipinski definition) is 2. The van der Waals surface area contributed by atoms with Gasteiger partial charge in [0, 0.05) is 29.6 Å². The molecule has 0 amide bonds. The average Bonchev–Trinajstić information content (AvgIpc) is 2.88. The molecule has 238 valence electrons. The molecular weight excluding hydrogens is 535 g/mol. The van der Waals surface area contributed by atoms with Crippen LogP contribution in [0.5, 0.6) is 0 Å². The zero-order chi connectivity index (χ0) is 28.7. The van der Waals surface area contributed by atoms with Crippen LogP contribution in [-0.4, -0.2) is 72.2 Å². The second-order valence-corrected chi connectivity index (χ2v) is 11.3. The van der Waals surface area contributed by atoms with E-state index in [1.807, 2.05) is 14.1 Å². The van der Waals surface area contributed by atoms with Crippen LogP contribution in [0.15, 0.2) is 0 Å². The third-order valence-electron chi connectivity index (χ3n) is 7.20.